The van der Waals surface area contributed by atoms with Gasteiger partial charge in [0.15, 0.2) is 0 Å². The Kier molecular flexibility index (Phi) is 22.1. The van der Waals surface area contributed by atoms with E-state index in [2.05, 4.69) is 68.5 Å². The fraction of sp³-hybridized carbons (Fsp3) is 0.415. The van der Waals surface area contributed by atoms with Gasteiger partial charge in [-0.15, -0.1) is 0 Å². The number of imidazole rings is 2. The van der Waals surface area contributed by atoms with E-state index < -0.39 is 11.9 Å². The van der Waals surface area contributed by atoms with Gasteiger partial charge in [0, 0.05) is 122 Å². The second-order valence-corrected chi connectivity index (χ2v) is 21.1. The summed E-state index contributed by atoms with van der Waals surface area (Å²) in [5, 5.41) is 0. The fourth-order valence-corrected chi connectivity index (χ4v) is 11.3. The van der Waals surface area contributed by atoms with Crippen molar-refractivity contribution in [1.29, 1.82) is 0 Å². The van der Waals surface area contributed by atoms with Gasteiger partial charge in [-0.3, -0.25) is 9.59 Å². The van der Waals surface area contributed by atoms with E-state index >= 15 is 0 Å². The number of methoxy groups -OCH3 is 2. The summed E-state index contributed by atoms with van der Waals surface area (Å²) in [4.78, 5) is 47.9. The van der Waals surface area contributed by atoms with Crippen molar-refractivity contribution in [2.24, 2.45) is 11.7 Å². The number of fused-ring (bicyclic) bond motifs is 2. The summed E-state index contributed by atoms with van der Waals surface area (Å²) in [6.07, 6.45) is 11.0. The van der Waals surface area contributed by atoms with Crippen LogP contribution in [0.4, 0.5) is 8.78 Å². The largest absolute Gasteiger partial charge is 0.385 e. The Labute approximate surface area is 471 Å². The number of benzene rings is 4. The normalized spacial score (nSPS) is 16.1. The number of amides is 2. The average Bonchev–Trinajstić information content (AvgIpc) is 4.02. The fourth-order valence-electron chi connectivity index (χ4n) is 11.3. The molecule has 424 valence electrons. The van der Waals surface area contributed by atoms with E-state index in [0.29, 0.717) is 39.0 Å². The second kappa shape index (κ2) is 29.3. The van der Waals surface area contributed by atoms with Gasteiger partial charge in [-0.2, -0.15) is 8.78 Å². The molecule has 6 heterocycles. The van der Waals surface area contributed by atoms with E-state index in [0.717, 1.165) is 139 Å². The monoisotopic (exact) mass is 1090 g/mol. The number of rotatable bonds is 20. The lowest BCUT2D eigenvalue weighted by Gasteiger charge is -2.33. The lowest BCUT2D eigenvalue weighted by Crippen LogP contribution is -2.42. The van der Waals surface area contributed by atoms with Crippen LogP contribution < -0.4 is 5.73 Å². The Morgan fingerprint density at radius 2 is 1.04 bits per heavy atom. The maximum Gasteiger partial charge on any atom is 0.224 e. The van der Waals surface area contributed by atoms with Crippen LogP contribution in [0.15, 0.2) is 134 Å². The van der Waals surface area contributed by atoms with E-state index in [-0.39, 0.29) is 50.5 Å². The van der Waals surface area contributed by atoms with Gasteiger partial charge in [-0.05, 0) is 127 Å². The average molecular weight is 1090 g/mol. The second-order valence-electron chi connectivity index (χ2n) is 21.1. The van der Waals surface area contributed by atoms with Gasteiger partial charge in [0.1, 0.15) is 11.6 Å². The minimum atomic E-state index is -0.500. The number of piperidine rings is 2. The van der Waals surface area contributed by atoms with Crippen molar-refractivity contribution in [2.45, 2.75) is 117 Å². The maximum absolute atomic E-state index is 13.5. The Morgan fingerprint density at radius 3 is 1.49 bits per heavy atom. The zero-order valence-electron chi connectivity index (χ0n) is 45.3. The van der Waals surface area contributed by atoms with Gasteiger partial charge in [0.05, 0.1) is 22.1 Å². The van der Waals surface area contributed by atoms with Crippen molar-refractivity contribution in [3.63, 3.8) is 0 Å². The van der Waals surface area contributed by atoms with Crippen LogP contribution in [0.1, 0.15) is 108 Å². The predicted molar refractivity (Wildman–Crippen MR) is 316 cm³/mol. The predicted octanol–water partition coefficient (Wildman–Crippen LogP) is 12.5. The molecule has 2 saturated heterocycles. The van der Waals surface area contributed by atoms with E-state index in [1.54, 1.807) is 26.4 Å². The molecular formula is C65H81F2N9O4. The third-order valence-electron chi connectivity index (χ3n) is 15.2. The van der Waals surface area contributed by atoms with Crippen LogP contribution in [0.25, 0.3) is 44.3 Å². The molecule has 15 heteroatoms. The quantitative estimate of drug-likeness (QED) is 0.0582. The third-order valence-corrected chi connectivity index (χ3v) is 15.2. The number of likely N-dealkylation sites (tertiary alicyclic amines) is 2. The van der Waals surface area contributed by atoms with E-state index in [4.69, 9.17) is 25.2 Å². The number of ether oxygens (including phenoxy) is 2. The molecule has 0 radical (unpaired) electrons. The Balaban J connectivity index is 0.000000225. The highest BCUT2D eigenvalue weighted by molar-refractivity contribution is 5.79. The van der Waals surface area contributed by atoms with Gasteiger partial charge >= 0.3 is 0 Å². The summed E-state index contributed by atoms with van der Waals surface area (Å²) < 4.78 is 42.1. The molecule has 0 unspecified atom stereocenters. The standard InChI is InChI=1S/C32H37FN4O2.C31H36FN5O2.2CH4/c1-23(19-24-10-12-25(13-11-24)26-14-15-34-30(33)21-26)20-31(38)36-16-5-7-27(22-36)32-35-28-8-3-4-9-29(28)37(32)17-6-18-39-2;1-39-17-5-16-37-28-8-3-2-7-27(28)35-31(37)25-6-4-15-36(21-25)30(38)20-26(33)18-22-9-11-23(12-10-22)24-13-14-34-29(32)19-24;;/h3-4,8-15,21,23,27H,5-7,16-20,22H2,1-2H3;2-3,7-14,19,25-26H,4-6,15-18,20-21,33H2,1H3;2*1H4/t23-,27-;25-,26-;;/m11../s1. The van der Waals surface area contributed by atoms with Crippen molar-refractivity contribution in [2.75, 3.05) is 53.6 Å². The van der Waals surface area contributed by atoms with Gasteiger partial charge in [-0.25, -0.2) is 19.9 Å². The molecule has 4 aromatic carbocycles. The number of hydrogen-bond donors (Lipinski definition) is 1. The first kappa shape index (κ1) is 60.4. The molecule has 13 nitrogen and oxygen atoms in total. The number of aryl methyl sites for hydroxylation is 2. The zero-order valence-corrected chi connectivity index (χ0v) is 45.3. The number of para-hydroxylation sites is 4. The summed E-state index contributed by atoms with van der Waals surface area (Å²) in [6, 6.07) is 38.7. The number of nitrogens with two attached hydrogens (primary N) is 1. The lowest BCUT2D eigenvalue weighted by molar-refractivity contribution is -0.133. The molecule has 4 atom stereocenters. The molecule has 2 amide bonds. The number of nitrogens with zero attached hydrogens (tertiary/aromatic N) is 8. The number of halogens is 2. The first-order chi connectivity index (χ1) is 38.0. The van der Waals surface area contributed by atoms with Crippen LogP contribution in [0.2, 0.25) is 0 Å². The van der Waals surface area contributed by atoms with Crippen LogP contribution in [-0.4, -0.2) is 110 Å². The molecule has 0 aliphatic carbocycles. The molecule has 2 fully saturated rings. The molecule has 10 rings (SSSR count). The molecule has 80 heavy (non-hydrogen) atoms. The van der Waals surface area contributed by atoms with Crippen molar-refractivity contribution in [3.8, 4) is 22.3 Å². The minimum Gasteiger partial charge on any atom is -0.385 e. The van der Waals surface area contributed by atoms with Crippen molar-refractivity contribution in [3.05, 3.63) is 168 Å². The molecule has 8 aromatic rings. The van der Waals surface area contributed by atoms with Crippen molar-refractivity contribution < 1.29 is 27.8 Å². The number of hydrogen-bond acceptors (Lipinski definition) is 9. The first-order valence-electron chi connectivity index (χ1n) is 27.6. The number of carbonyl (C=O) groups is 2. The van der Waals surface area contributed by atoms with Crippen LogP contribution in [-0.2, 0) is 45.0 Å². The molecule has 0 spiro atoms. The van der Waals surface area contributed by atoms with Gasteiger partial charge < -0.3 is 34.1 Å². The number of carbonyl (C=O) groups excluding carboxylic acids is 2. The van der Waals surface area contributed by atoms with E-state index in [1.165, 1.54) is 30.1 Å². The summed E-state index contributed by atoms with van der Waals surface area (Å²) >= 11 is 0. The van der Waals surface area contributed by atoms with Gasteiger partial charge in [0.2, 0.25) is 23.7 Å². The van der Waals surface area contributed by atoms with E-state index in [9.17, 15) is 18.4 Å². The van der Waals surface area contributed by atoms with Crippen LogP contribution in [0.3, 0.4) is 0 Å². The minimum absolute atomic E-state index is 0. The maximum atomic E-state index is 13.5. The zero-order chi connectivity index (χ0) is 54.4. The molecule has 0 saturated carbocycles. The third kappa shape index (κ3) is 15.6. The smallest absolute Gasteiger partial charge is 0.224 e. The van der Waals surface area contributed by atoms with Crippen LogP contribution in [0.5, 0.6) is 0 Å². The molecule has 4 aromatic heterocycles. The Hall–Kier alpha value is -7.20. The van der Waals surface area contributed by atoms with Crippen LogP contribution >= 0.6 is 0 Å². The molecular weight excluding hydrogens is 1010 g/mol. The lowest BCUT2D eigenvalue weighted by atomic mass is 9.93. The van der Waals surface area contributed by atoms with Crippen molar-refractivity contribution >= 4 is 33.9 Å². The van der Waals surface area contributed by atoms with Crippen LogP contribution in [0, 0.1) is 17.8 Å². The van der Waals surface area contributed by atoms with E-state index in [1.807, 2.05) is 64.4 Å². The molecule has 0 bridgehead atoms. The molecule has 2 aliphatic heterocycles. The highest BCUT2D eigenvalue weighted by Gasteiger charge is 2.31. The van der Waals surface area contributed by atoms with Gasteiger partial charge in [0.25, 0.3) is 0 Å². The number of pyridine rings is 2. The molecule has 2 N–H and O–H groups in total. The first-order valence-corrected chi connectivity index (χ1v) is 27.6. The topological polar surface area (TPSA) is 147 Å². The SMILES string of the molecule is C.C.COCCCn1c([C@@H]2CCCN(C(=O)C[C@H](C)Cc3ccc(-c4ccnc(F)c4)cc3)C2)nc2ccccc21.COCCCn1c([C@@H]2CCCN(C(=O)C[C@H](N)Cc3ccc(-c4ccnc(F)c4)cc3)C2)nc2ccccc21. The highest BCUT2D eigenvalue weighted by atomic mass is 19.1. The number of aromatic nitrogens is 6. The summed E-state index contributed by atoms with van der Waals surface area (Å²) in [6.45, 7) is 8.20. The van der Waals surface area contributed by atoms with Gasteiger partial charge in [-0.1, -0.05) is 94.6 Å². The van der Waals surface area contributed by atoms with Crippen molar-refractivity contribution in [1.82, 2.24) is 38.9 Å². The Bertz CT molecular complexity index is 3020. The summed E-state index contributed by atoms with van der Waals surface area (Å²) in [7, 11) is 3.46. The highest BCUT2D eigenvalue weighted by Crippen LogP contribution is 2.33. The summed E-state index contributed by atoms with van der Waals surface area (Å²) in [5.74, 6) is 2.14. The Morgan fingerprint density at radius 1 is 0.600 bits per heavy atom. The summed E-state index contributed by atoms with van der Waals surface area (Å²) in [5.41, 5.74) is 16.4. The molecule has 2 aliphatic rings.